The van der Waals surface area contributed by atoms with Crippen molar-refractivity contribution in [2.45, 2.75) is 12.8 Å². The van der Waals surface area contributed by atoms with Crippen LogP contribution in [0, 0.1) is 11.3 Å². The molecule has 2 aromatic carbocycles. The first-order valence-electron chi connectivity index (χ1n) is 9.28. The summed E-state index contributed by atoms with van der Waals surface area (Å²) in [7, 11) is 0. The number of nitrogens with zero attached hydrogens (tertiary/aromatic N) is 1. The minimum Gasteiger partial charge on any atom is -0.490 e. The molecule has 0 saturated heterocycles. The van der Waals surface area contributed by atoms with Gasteiger partial charge in [0.2, 0.25) is 12.7 Å². The van der Waals surface area contributed by atoms with Gasteiger partial charge in [0.1, 0.15) is 24.0 Å². The first kappa shape index (κ1) is 19.8. The van der Waals surface area contributed by atoms with Gasteiger partial charge in [-0.3, -0.25) is 0 Å². The van der Waals surface area contributed by atoms with E-state index in [1.807, 2.05) is 6.92 Å². The molecule has 0 amide bonds. The van der Waals surface area contributed by atoms with Crippen LogP contribution in [-0.4, -0.2) is 20.0 Å². The lowest BCUT2D eigenvalue weighted by Gasteiger charge is -2.27. The van der Waals surface area contributed by atoms with Crippen molar-refractivity contribution in [1.29, 1.82) is 5.26 Å². The van der Waals surface area contributed by atoms with Crippen molar-refractivity contribution in [3.8, 4) is 34.8 Å². The Labute approximate surface area is 178 Å². The Morgan fingerprint density at radius 1 is 1.23 bits per heavy atom. The molecule has 2 aromatic rings. The number of ether oxygens (including phenoxy) is 5. The van der Waals surface area contributed by atoms with E-state index < -0.39 is 5.92 Å². The van der Waals surface area contributed by atoms with E-state index in [-0.39, 0.29) is 24.9 Å². The molecule has 0 spiro atoms. The van der Waals surface area contributed by atoms with Gasteiger partial charge in [-0.05, 0) is 30.7 Å². The summed E-state index contributed by atoms with van der Waals surface area (Å²) in [6.07, 6.45) is 1.62. The SMILES string of the molecule is C=CCOc1c(Cl)cc([C@@H]2C(C#N)=C(N)Oc3cc4c(cc32)OCO4)cc1OCC. The standard InChI is InChI=1S/C22H19ClN2O5/c1-3-5-27-21-15(23)6-12(7-19(21)26-4-2)20-13-8-17-18(29-11-28-17)9-16(13)30-22(25)14(20)10-24/h3,6-9,20H,1,4-5,11,25H2,2H3/t20-/m0/s1. The molecule has 0 radical (unpaired) electrons. The second kappa shape index (κ2) is 8.09. The smallest absolute Gasteiger partial charge is 0.231 e. The number of nitriles is 1. The lowest BCUT2D eigenvalue weighted by Crippen LogP contribution is -2.21. The number of allylic oxidation sites excluding steroid dienone is 1. The van der Waals surface area contributed by atoms with E-state index in [1.165, 1.54) is 0 Å². The Bertz CT molecular complexity index is 1090. The van der Waals surface area contributed by atoms with Gasteiger partial charge in [0, 0.05) is 11.6 Å². The highest BCUT2D eigenvalue weighted by Crippen LogP contribution is 2.49. The van der Waals surface area contributed by atoms with Gasteiger partial charge in [-0.1, -0.05) is 24.3 Å². The van der Waals surface area contributed by atoms with Gasteiger partial charge in [-0.25, -0.2) is 0 Å². The molecule has 0 saturated carbocycles. The summed E-state index contributed by atoms with van der Waals surface area (Å²) < 4.78 is 28.1. The number of nitrogens with two attached hydrogens (primary N) is 1. The fourth-order valence-corrected chi connectivity index (χ4v) is 3.76. The average molecular weight is 427 g/mol. The molecule has 2 aliphatic heterocycles. The maximum atomic E-state index is 9.80. The maximum Gasteiger partial charge on any atom is 0.231 e. The van der Waals surface area contributed by atoms with Crippen LogP contribution in [0.1, 0.15) is 24.0 Å². The van der Waals surface area contributed by atoms with Crippen LogP contribution in [0.5, 0.6) is 28.7 Å². The Kier molecular flexibility index (Phi) is 5.34. The molecule has 7 nitrogen and oxygen atoms in total. The second-order valence-corrected chi connectivity index (χ2v) is 6.94. The van der Waals surface area contributed by atoms with Crippen molar-refractivity contribution in [1.82, 2.24) is 0 Å². The third-order valence-corrected chi connectivity index (χ3v) is 5.00. The summed E-state index contributed by atoms with van der Waals surface area (Å²) >= 11 is 6.53. The van der Waals surface area contributed by atoms with Crippen molar-refractivity contribution in [3.63, 3.8) is 0 Å². The fourth-order valence-electron chi connectivity index (χ4n) is 3.49. The van der Waals surface area contributed by atoms with E-state index in [1.54, 1.807) is 30.3 Å². The van der Waals surface area contributed by atoms with Crippen molar-refractivity contribution in [3.05, 3.63) is 64.5 Å². The molecule has 2 aliphatic rings. The molecule has 8 heteroatoms. The molecule has 30 heavy (non-hydrogen) atoms. The van der Waals surface area contributed by atoms with Gasteiger partial charge in [-0.15, -0.1) is 0 Å². The number of fused-ring (bicyclic) bond motifs is 2. The number of hydrogen-bond acceptors (Lipinski definition) is 7. The van der Waals surface area contributed by atoms with Crippen LogP contribution in [0.2, 0.25) is 5.02 Å². The third kappa shape index (κ3) is 3.36. The highest BCUT2D eigenvalue weighted by Gasteiger charge is 2.34. The molecule has 1 atom stereocenters. The van der Waals surface area contributed by atoms with Crippen LogP contribution >= 0.6 is 11.6 Å². The van der Waals surface area contributed by atoms with Gasteiger partial charge < -0.3 is 29.4 Å². The number of hydrogen-bond donors (Lipinski definition) is 1. The summed E-state index contributed by atoms with van der Waals surface area (Å²) in [5.74, 6) is 1.99. The second-order valence-electron chi connectivity index (χ2n) is 6.53. The van der Waals surface area contributed by atoms with Gasteiger partial charge in [0.05, 0.1) is 17.5 Å². The van der Waals surface area contributed by atoms with Gasteiger partial charge in [0.25, 0.3) is 0 Å². The Morgan fingerprint density at radius 3 is 2.70 bits per heavy atom. The van der Waals surface area contributed by atoms with E-state index in [2.05, 4.69) is 12.6 Å². The molecular formula is C22H19ClN2O5. The quantitative estimate of drug-likeness (QED) is 0.689. The summed E-state index contributed by atoms with van der Waals surface area (Å²) in [5, 5.41) is 10.2. The number of halogens is 1. The first-order chi connectivity index (χ1) is 14.6. The maximum absolute atomic E-state index is 9.80. The summed E-state index contributed by atoms with van der Waals surface area (Å²) in [5.41, 5.74) is 7.75. The molecule has 4 rings (SSSR count). The van der Waals surface area contributed by atoms with Crippen LogP contribution in [0.3, 0.4) is 0 Å². The van der Waals surface area contributed by atoms with Crippen molar-refractivity contribution in [2.24, 2.45) is 5.73 Å². The zero-order valence-corrected chi connectivity index (χ0v) is 17.0. The summed E-state index contributed by atoms with van der Waals surface area (Å²) in [6, 6.07) is 9.19. The van der Waals surface area contributed by atoms with Crippen molar-refractivity contribution < 1.29 is 23.7 Å². The molecular weight excluding hydrogens is 408 g/mol. The Balaban J connectivity index is 1.88. The Morgan fingerprint density at radius 2 is 2.00 bits per heavy atom. The van der Waals surface area contributed by atoms with Gasteiger partial charge >= 0.3 is 0 Å². The average Bonchev–Trinajstić information content (AvgIpc) is 3.18. The predicted molar refractivity (Wildman–Crippen MR) is 110 cm³/mol. The molecule has 154 valence electrons. The summed E-state index contributed by atoms with van der Waals surface area (Å²) in [4.78, 5) is 0. The van der Waals surface area contributed by atoms with Crippen LogP contribution in [-0.2, 0) is 0 Å². The lowest BCUT2D eigenvalue weighted by molar-refractivity contribution is 0.174. The molecule has 2 N–H and O–H groups in total. The van der Waals surface area contributed by atoms with Gasteiger partial charge in [0.15, 0.2) is 23.0 Å². The molecule has 0 aliphatic carbocycles. The summed E-state index contributed by atoms with van der Waals surface area (Å²) in [6.45, 7) is 6.32. The number of benzene rings is 2. The monoisotopic (exact) mass is 426 g/mol. The predicted octanol–water partition coefficient (Wildman–Crippen LogP) is 4.25. The molecule has 0 bridgehead atoms. The topological polar surface area (TPSA) is 96.0 Å². The van der Waals surface area contributed by atoms with Crippen LogP contribution in [0.4, 0.5) is 0 Å². The highest BCUT2D eigenvalue weighted by atomic mass is 35.5. The minimum atomic E-state index is -0.529. The first-order valence-corrected chi connectivity index (χ1v) is 9.66. The molecule has 0 fully saturated rings. The van der Waals surface area contributed by atoms with E-state index >= 15 is 0 Å². The molecule has 0 unspecified atom stereocenters. The minimum absolute atomic E-state index is 0.0231. The number of rotatable bonds is 6. The van der Waals surface area contributed by atoms with E-state index in [4.69, 9.17) is 41.0 Å². The molecule has 2 heterocycles. The van der Waals surface area contributed by atoms with E-state index in [9.17, 15) is 5.26 Å². The van der Waals surface area contributed by atoms with E-state index in [0.717, 1.165) is 0 Å². The van der Waals surface area contributed by atoms with Crippen LogP contribution in [0.15, 0.2) is 48.4 Å². The van der Waals surface area contributed by atoms with Crippen molar-refractivity contribution in [2.75, 3.05) is 20.0 Å². The fraction of sp³-hybridized carbons (Fsp3) is 0.227. The van der Waals surface area contributed by atoms with E-state index in [0.29, 0.717) is 51.5 Å². The molecule has 0 aromatic heterocycles. The van der Waals surface area contributed by atoms with Gasteiger partial charge in [-0.2, -0.15) is 5.26 Å². The normalized spacial score (nSPS) is 16.4. The highest BCUT2D eigenvalue weighted by molar-refractivity contribution is 6.32. The Hall–Kier alpha value is -3.50. The van der Waals surface area contributed by atoms with Crippen molar-refractivity contribution >= 4 is 11.6 Å². The van der Waals surface area contributed by atoms with Crippen LogP contribution in [0.25, 0.3) is 0 Å². The third-order valence-electron chi connectivity index (χ3n) is 4.72. The lowest BCUT2D eigenvalue weighted by atomic mass is 9.83. The zero-order chi connectivity index (χ0) is 21.3. The zero-order valence-electron chi connectivity index (χ0n) is 16.2. The van der Waals surface area contributed by atoms with Crippen LogP contribution < -0.4 is 29.4 Å². The largest absolute Gasteiger partial charge is 0.490 e.